The van der Waals surface area contributed by atoms with Crippen LogP contribution in [0.25, 0.3) is 11.2 Å². The number of nitrogens with one attached hydrogen (secondary N) is 2. The third-order valence-corrected chi connectivity index (χ3v) is 5.57. The topological polar surface area (TPSA) is 92.2 Å². The fourth-order valence-corrected chi connectivity index (χ4v) is 3.88. The van der Waals surface area contributed by atoms with Crippen molar-refractivity contribution in [2.75, 3.05) is 23.3 Å². The van der Waals surface area contributed by atoms with Crippen molar-refractivity contribution in [3.8, 4) is 0 Å². The smallest absolute Gasteiger partial charge is 0.319 e. The van der Waals surface area contributed by atoms with E-state index >= 15 is 0 Å². The molecule has 8 nitrogen and oxygen atoms in total. The van der Waals surface area contributed by atoms with Gasteiger partial charge in [0.05, 0.1) is 0 Å². The van der Waals surface area contributed by atoms with Crippen LogP contribution in [0.15, 0.2) is 41.3 Å². The second kappa shape index (κ2) is 8.14. The predicted octanol–water partition coefficient (Wildman–Crippen LogP) is 2.74. The number of rotatable bonds is 3. The molecular formula is C22H26N6O2. The number of hydrogen-bond donors (Lipinski definition) is 2. The molecule has 0 unspecified atom stereocenters. The Bertz CT molecular complexity index is 1150. The highest BCUT2D eigenvalue weighted by molar-refractivity contribution is 5.90. The third-order valence-electron chi connectivity index (χ3n) is 5.57. The number of aromatic nitrogens is 3. The van der Waals surface area contributed by atoms with Crippen molar-refractivity contribution in [2.24, 2.45) is 7.05 Å². The van der Waals surface area contributed by atoms with Crippen molar-refractivity contribution in [2.45, 2.75) is 32.7 Å². The van der Waals surface area contributed by atoms with Crippen molar-refractivity contribution in [3.63, 3.8) is 0 Å². The number of benzene rings is 1. The van der Waals surface area contributed by atoms with E-state index in [0.29, 0.717) is 30.1 Å². The van der Waals surface area contributed by atoms with Crippen LogP contribution >= 0.6 is 0 Å². The first-order valence-electron chi connectivity index (χ1n) is 10.1. The molecule has 0 aliphatic carbocycles. The Morgan fingerprint density at radius 1 is 1.17 bits per heavy atom. The van der Waals surface area contributed by atoms with Gasteiger partial charge in [-0.15, -0.1) is 0 Å². The van der Waals surface area contributed by atoms with Crippen LogP contribution in [-0.4, -0.2) is 39.7 Å². The molecule has 1 aliphatic rings. The fourth-order valence-electron chi connectivity index (χ4n) is 3.88. The number of carbonyl (C=O) groups is 1. The number of anilines is 2. The summed E-state index contributed by atoms with van der Waals surface area (Å²) in [6, 6.07) is 9.46. The van der Waals surface area contributed by atoms with Gasteiger partial charge in [-0.25, -0.2) is 14.8 Å². The monoisotopic (exact) mass is 406 g/mol. The second-order valence-electron chi connectivity index (χ2n) is 7.82. The summed E-state index contributed by atoms with van der Waals surface area (Å²) in [5, 5.41) is 5.97. The van der Waals surface area contributed by atoms with Gasteiger partial charge in [0.2, 0.25) is 0 Å². The third kappa shape index (κ3) is 3.98. The average molecular weight is 406 g/mol. The van der Waals surface area contributed by atoms with E-state index in [-0.39, 0.29) is 17.6 Å². The number of fused-ring (bicyclic) bond motifs is 1. The summed E-state index contributed by atoms with van der Waals surface area (Å²) in [7, 11) is 1.72. The quantitative estimate of drug-likeness (QED) is 0.698. The molecule has 156 valence electrons. The normalized spacial score (nSPS) is 14.7. The minimum absolute atomic E-state index is 0.0537. The molecule has 3 heterocycles. The molecule has 1 fully saturated rings. The van der Waals surface area contributed by atoms with E-state index in [0.717, 1.165) is 29.7 Å². The van der Waals surface area contributed by atoms with Gasteiger partial charge in [0, 0.05) is 38.1 Å². The lowest BCUT2D eigenvalue weighted by Gasteiger charge is -2.33. The number of aryl methyl sites for hydroxylation is 3. The first-order valence-corrected chi connectivity index (χ1v) is 10.1. The molecule has 2 aromatic heterocycles. The molecule has 2 N–H and O–H groups in total. The zero-order valence-electron chi connectivity index (χ0n) is 17.5. The van der Waals surface area contributed by atoms with Crippen LogP contribution in [0.5, 0.6) is 0 Å². The lowest BCUT2D eigenvalue weighted by molar-refractivity contribution is 0.246. The highest BCUT2D eigenvalue weighted by atomic mass is 16.2. The average Bonchev–Trinajstić information content (AvgIpc) is 2.73. The van der Waals surface area contributed by atoms with Crippen LogP contribution in [-0.2, 0) is 7.05 Å². The highest BCUT2D eigenvalue weighted by Crippen LogP contribution is 2.19. The number of nitrogens with zero attached hydrogens (tertiary/aromatic N) is 4. The Balaban J connectivity index is 1.39. The van der Waals surface area contributed by atoms with E-state index in [1.165, 1.54) is 0 Å². The summed E-state index contributed by atoms with van der Waals surface area (Å²) >= 11 is 0. The predicted molar refractivity (Wildman–Crippen MR) is 118 cm³/mol. The van der Waals surface area contributed by atoms with Crippen molar-refractivity contribution in [1.29, 1.82) is 0 Å². The van der Waals surface area contributed by atoms with Gasteiger partial charge >= 0.3 is 6.03 Å². The standard InChI is InChI=1S/C22H26N6O2/c1-14-6-7-17(15(2)13-14)26-22(30)24-16-8-11-28(12-9-16)20-21(29)27(3)19-18(25-20)5-4-10-23-19/h4-7,10,13,16H,8-9,11-12H2,1-3H3,(H2,24,26,30). The molecule has 0 bridgehead atoms. The number of hydrogen-bond acceptors (Lipinski definition) is 5. The van der Waals surface area contributed by atoms with Gasteiger partial charge in [-0.05, 0) is 50.5 Å². The zero-order valence-corrected chi connectivity index (χ0v) is 17.5. The maximum atomic E-state index is 12.7. The maximum Gasteiger partial charge on any atom is 0.319 e. The Morgan fingerprint density at radius 3 is 2.67 bits per heavy atom. The minimum atomic E-state index is -0.203. The van der Waals surface area contributed by atoms with Crippen molar-refractivity contribution >= 4 is 28.7 Å². The summed E-state index contributed by atoms with van der Waals surface area (Å²) in [4.78, 5) is 35.9. The SMILES string of the molecule is Cc1ccc(NC(=O)NC2CCN(c3nc4cccnc4n(C)c3=O)CC2)c(C)c1. The van der Waals surface area contributed by atoms with E-state index < -0.39 is 0 Å². The maximum absolute atomic E-state index is 12.7. The molecular weight excluding hydrogens is 380 g/mol. The molecule has 0 atom stereocenters. The first kappa shape index (κ1) is 19.9. The number of piperidine rings is 1. The lowest BCUT2D eigenvalue weighted by Crippen LogP contribution is -2.47. The Kier molecular flexibility index (Phi) is 5.39. The molecule has 3 aromatic rings. The summed E-state index contributed by atoms with van der Waals surface area (Å²) in [5.74, 6) is 0.441. The van der Waals surface area contributed by atoms with Gasteiger partial charge in [0.25, 0.3) is 5.56 Å². The highest BCUT2D eigenvalue weighted by Gasteiger charge is 2.24. The van der Waals surface area contributed by atoms with Crippen LogP contribution in [0.2, 0.25) is 0 Å². The van der Waals surface area contributed by atoms with Crippen LogP contribution < -0.4 is 21.1 Å². The lowest BCUT2D eigenvalue weighted by atomic mass is 10.1. The van der Waals surface area contributed by atoms with Gasteiger partial charge < -0.3 is 15.5 Å². The van der Waals surface area contributed by atoms with E-state index in [4.69, 9.17) is 0 Å². The zero-order chi connectivity index (χ0) is 21.3. The van der Waals surface area contributed by atoms with Gasteiger partial charge in [-0.3, -0.25) is 9.36 Å². The van der Waals surface area contributed by atoms with E-state index in [1.807, 2.05) is 49.1 Å². The van der Waals surface area contributed by atoms with Crippen molar-refractivity contribution in [1.82, 2.24) is 19.9 Å². The number of carbonyl (C=O) groups excluding carboxylic acids is 1. The Labute approximate surface area is 175 Å². The minimum Gasteiger partial charge on any atom is -0.352 e. The summed E-state index contributed by atoms with van der Waals surface area (Å²) in [5.41, 5.74) is 4.13. The van der Waals surface area contributed by atoms with Gasteiger partial charge in [0.15, 0.2) is 11.5 Å². The number of amides is 2. The molecule has 0 spiro atoms. The van der Waals surface area contributed by atoms with E-state index in [2.05, 4.69) is 20.6 Å². The van der Waals surface area contributed by atoms with Crippen LogP contribution in [0, 0.1) is 13.8 Å². The number of urea groups is 1. The van der Waals surface area contributed by atoms with Crippen molar-refractivity contribution in [3.05, 3.63) is 58.0 Å². The Morgan fingerprint density at radius 2 is 1.93 bits per heavy atom. The van der Waals surface area contributed by atoms with Gasteiger partial charge in [0.1, 0.15) is 5.52 Å². The van der Waals surface area contributed by atoms with Crippen molar-refractivity contribution < 1.29 is 4.79 Å². The fraction of sp³-hybridized carbons (Fsp3) is 0.364. The van der Waals surface area contributed by atoms with Gasteiger partial charge in [-0.2, -0.15) is 0 Å². The molecule has 0 saturated carbocycles. The van der Waals surface area contributed by atoms with Crippen LogP contribution in [0.1, 0.15) is 24.0 Å². The van der Waals surface area contributed by atoms with Crippen LogP contribution in [0.3, 0.4) is 0 Å². The summed E-state index contributed by atoms with van der Waals surface area (Å²) in [6.45, 7) is 5.32. The van der Waals surface area contributed by atoms with E-state index in [1.54, 1.807) is 17.8 Å². The van der Waals surface area contributed by atoms with E-state index in [9.17, 15) is 9.59 Å². The summed E-state index contributed by atoms with van der Waals surface area (Å²) in [6.07, 6.45) is 3.15. The Hall–Kier alpha value is -3.42. The molecule has 2 amide bonds. The van der Waals surface area contributed by atoms with Gasteiger partial charge in [-0.1, -0.05) is 17.7 Å². The summed E-state index contributed by atoms with van der Waals surface area (Å²) < 4.78 is 1.54. The molecule has 1 aliphatic heterocycles. The molecule has 8 heteroatoms. The first-order chi connectivity index (χ1) is 14.4. The molecule has 1 aromatic carbocycles. The van der Waals surface area contributed by atoms with Crippen LogP contribution in [0.4, 0.5) is 16.3 Å². The molecule has 1 saturated heterocycles. The largest absolute Gasteiger partial charge is 0.352 e. The molecule has 30 heavy (non-hydrogen) atoms. The number of pyridine rings is 1. The molecule has 0 radical (unpaired) electrons. The second-order valence-corrected chi connectivity index (χ2v) is 7.82. The molecule has 4 rings (SSSR count).